The Balaban J connectivity index is 2.98. The van der Waals surface area contributed by atoms with Gasteiger partial charge >= 0.3 is 6.18 Å². The molecule has 1 heterocycles. The number of hydrogen-bond donors (Lipinski definition) is 2. The van der Waals surface area contributed by atoms with Crippen LogP contribution in [-0.2, 0) is 0 Å². The molecular formula is C6H6BrF3N2S. The summed E-state index contributed by atoms with van der Waals surface area (Å²) in [5.41, 5.74) is 1.74. The van der Waals surface area contributed by atoms with E-state index in [0.29, 0.717) is 4.47 Å². The van der Waals surface area contributed by atoms with E-state index in [1.54, 1.807) is 16.9 Å². The van der Waals surface area contributed by atoms with Gasteiger partial charge in [0.1, 0.15) is 0 Å². The van der Waals surface area contributed by atoms with Crippen molar-refractivity contribution in [2.75, 3.05) is 0 Å². The van der Waals surface area contributed by atoms with E-state index in [-0.39, 0.29) is 4.88 Å². The van der Waals surface area contributed by atoms with Gasteiger partial charge in [-0.3, -0.25) is 5.84 Å². The first-order chi connectivity index (χ1) is 5.96. The van der Waals surface area contributed by atoms with Crippen LogP contribution in [0.2, 0.25) is 0 Å². The lowest BCUT2D eigenvalue weighted by molar-refractivity contribution is -0.157. The maximum Gasteiger partial charge on any atom is 0.410 e. The minimum atomic E-state index is -4.37. The van der Waals surface area contributed by atoms with Gasteiger partial charge in [0, 0.05) is 9.35 Å². The molecule has 0 saturated heterocycles. The Morgan fingerprint density at radius 2 is 2.15 bits per heavy atom. The van der Waals surface area contributed by atoms with E-state index in [1.807, 2.05) is 0 Å². The summed E-state index contributed by atoms with van der Waals surface area (Å²) >= 11 is 4.01. The van der Waals surface area contributed by atoms with Crippen molar-refractivity contribution < 1.29 is 13.2 Å². The van der Waals surface area contributed by atoms with Crippen LogP contribution in [0.4, 0.5) is 13.2 Å². The van der Waals surface area contributed by atoms with Crippen LogP contribution in [0, 0.1) is 0 Å². The molecule has 0 fully saturated rings. The zero-order valence-corrected chi connectivity index (χ0v) is 8.63. The van der Waals surface area contributed by atoms with Crippen LogP contribution in [0.15, 0.2) is 15.9 Å². The first-order valence-corrected chi connectivity index (χ1v) is 4.90. The third-order valence-corrected chi connectivity index (χ3v) is 3.34. The molecule has 2 nitrogen and oxygen atoms in total. The fraction of sp³-hybridized carbons (Fsp3) is 0.333. The van der Waals surface area contributed by atoms with Crippen LogP contribution < -0.4 is 11.3 Å². The molecule has 1 rings (SSSR count). The van der Waals surface area contributed by atoms with E-state index < -0.39 is 12.2 Å². The lowest BCUT2D eigenvalue weighted by Crippen LogP contribution is -2.38. The third kappa shape index (κ3) is 2.43. The highest BCUT2D eigenvalue weighted by molar-refractivity contribution is 9.10. The fourth-order valence-electron chi connectivity index (χ4n) is 0.830. The van der Waals surface area contributed by atoms with E-state index in [4.69, 9.17) is 5.84 Å². The summed E-state index contributed by atoms with van der Waals surface area (Å²) in [6, 6.07) is -0.252. The molecule has 0 bridgehead atoms. The Morgan fingerprint density at radius 3 is 2.46 bits per heavy atom. The maximum atomic E-state index is 12.3. The van der Waals surface area contributed by atoms with Crippen molar-refractivity contribution >= 4 is 27.3 Å². The van der Waals surface area contributed by atoms with Crippen LogP contribution in [0.25, 0.3) is 0 Å². The Kier molecular flexibility index (Phi) is 3.33. The Hall–Kier alpha value is -0.110. The number of alkyl halides is 3. The van der Waals surface area contributed by atoms with Gasteiger partial charge in [-0.2, -0.15) is 13.2 Å². The van der Waals surface area contributed by atoms with E-state index >= 15 is 0 Å². The van der Waals surface area contributed by atoms with Gasteiger partial charge < -0.3 is 0 Å². The average molecular weight is 275 g/mol. The topological polar surface area (TPSA) is 38.0 Å². The van der Waals surface area contributed by atoms with E-state index in [2.05, 4.69) is 15.9 Å². The van der Waals surface area contributed by atoms with E-state index in [0.717, 1.165) is 11.3 Å². The second kappa shape index (κ2) is 3.95. The number of halogens is 4. The number of hydrogen-bond acceptors (Lipinski definition) is 3. The molecule has 0 amide bonds. The number of nitrogens with two attached hydrogens (primary N) is 1. The summed E-state index contributed by atoms with van der Waals surface area (Å²) in [7, 11) is 0. The van der Waals surface area contributed by atoms with Crippen LogP contribution >= 0.6 is 27.3 Å². The van der Waals surface area contributed by atoms with Crippen LogP contribution in [-0.4, -0.2) is 6.18 Å². The van der Waals surface area contributed by atoms with Gasteiger partial charge in [-0.15, -0.1) is 11.3 Å². The first-order valence-electron chi connectivity index (χ1n) is 3.22. The summed E-state index contributed by atoms with van der Waals surface area (Å²) in [5, 5.41) is 1.56. The second-order valence-corrected chi connectivity index (χ2v) is 4.08. The van der Waals surface area contributed by atoms with Gasteiger partial charge in [0.05, 0.1) is 0 Å². The van der Waals surface area contributed by atoms with Crippen molar-refractivity contribution in [3.05, 3.63) is 20.8 Å². The minimum Gasteiger partial charge on any atom is -0.271 e. The van der Waals surface area contributed by atoms with Crippen LogP contribution in [0.3, 0.4) is 0 Å². The summed E-state index contributed by atoms with van der Waals surface area (Å²) in [6.45, 7) is 0. The van der Waals surface area contributed by atoms with Crippen molar-refractivity contribution in [2.45, 2.75) is 12.2 Å². The molecule has 1 unspecified atom stereocenters. The molecule has 3 N–H and O–H groups in total. The van der Waals surface area contributed by atoms with Gasteiger partial charge in [0.15, 0.2) is 6.04 Å². The largest absolute Gasteiger partial charge is 0.410 e. The number of nitrogens with one attached hydrogen (secondary N) is 1. The van der Waals surface area contributed by atoms with Gasteiger partial charge in [0.25, 0.3) is 0 Å². The molecule has 74 valence electrons. The van der Waals surface area contributed by atoms with Crippen molar-refractivity contribution in [3.63, 3.8) is 0 Å². The Morgan fingerprint density at radius 1 is 1.54 bits per heavy atom. The molecule has 0 aliphatic carbocycles. The number of hydrazine groups is 1. The third-order valence-electron chi connectivity index (χ3n) is 1.40. The van der Waals surface area contributed by atoms with Gasteiger partial charge in [-0.1, -0.05) is 0 Å². The summed E-state index contributed by atoms with van der Waals surface area (Å²) in [6.07, 6.45) is -4.37. The normalized spacial score (nSPS) is 14.5. The molecule has 1 aromatic heterocycles. The smallest absolute Gasteiger partial charge is 0.271 e. The average Bonchev–Trinajstić information content (AvgIpc) is 2.35. The molecule has 0 saturated carbocycles. The molecule has 0 aromatic carbocycles. The van der Waals surface area contributed by atoms with Gasteiger partial charge in [0.2, 0.25) is 0 Å². The van der Waals surface area contributed by atoms with Crippen molar-refractivity contribution in [3.8, 4) is 0 Å². The Bertz CT molecular complexity index is 286. The molecule has 0 aliphatic heterocycles. The SMILES string of the molecule is NNC(c1sccc1Br)C(F)(F)F. The first kappa shape index (κ1) is 11.0. The molecule has 0 aliphatic rings. The highest BCUT2D eigenvalue weighted by atomic mass is 79.9. The van der Waals surface area contributed by atoms with Crippen LogP contribution in [0.1, 0.15) is 10.9 Å². The van der Waals surface area contributed by atoms with Crippen molar-refractivity contribution in [1.29, 1.82) is 0 Å². The van der Waals surface area contributed by atoms with Crippen molar-refractivity contribution in [2.24, 2.45) is 5.84 Å². The van der Waals surface area contributed by atoms with Gasteiger partial charge in [-0.05, 0) is 27.4 Å². The van der Waals surface area contributed by atoms with E-state index in [1.165, 1.54) is 0 Å². The monoisotopic (exact) mass is 274 g/mol. The summed E-state index contributed by atoms with van der Waals surface area (Å²) in [5.74, 6) is 4.83. The molecule has 0 radical (unpaired) electrons. The highest BCUT2D eigenvalue weighted by Gasteiger charge is 2.41. The molecule has 13 heavy (non-hydrogen) atoms. The number of rotatable bonds is 2. The number of thiophene rings is 1. The maximum absolute atomic E-state index is 12.3. The predicted molar refractivity (Wildman–Crippen MR) is 48.1 cm³/mol. The summed E-state index contributed by atoms with van der Waals surface area (Å²) < 4.78 is 37.3. The summed E-state index contributed by atoms with van der Waals surface area (Å²) in [4.78, 5) is 0.134. The molecule has 0 spiro atoms. The fourth-order valence-corrected chi connectivity index (χ4v) is 2.52. The van der Waals surface area contributed by atoms with Crippen molar-refractivity contribution in [1.82, 2.24) is 5.43 Å². The quantitative estimate of drug-likeness (QED) is 0.643. The lowest BCUT2D eigenvalue weighted by Gasteiger charge is -2.18. The highest BCUT2D eigenvalue weighted by Crippen LogP contribution is 2.38. The van der Waals surface area contributed by atoms with E-state index in [9.17, 15) is 13.2 Å². The van der Waals surface area contributed by atoms with Crippen LogP contribution in [0.5, 0.6) is 0 Å². The second-order valence-electron chi connectivity index (χ2n) is 2.27. The predicted octanol–water partition coefficient (Wildman–Crippen LogP) is 2.58. The van der Waals surface area contributed by atoms with Gasteiger partial charge in [-0.25, -0.2) is 5.43 Å². The molecule has 1 atom stereocenters. The standard InChI is InChI=1S/C6H6BrF3N2S/c7-3-1-2-13-4(3)5(12-11)6(8,9)10/h1-2,5,12H,11H2. The molecule has 7 heteroatoms. The zero-order valence-electron chi connectivity index (χ0n) is 6.23. The molecule has 1 aromatic rings. The zero-order chi connectivity index (χ0) is 10.1. The lowest BCUT2D eigenvalue weighted by atomic mass is 10.2. The molecular weight excluding hydrogens is 269 g/mol. The minimum absolute atomic E-state index is 0.134. The Labute approximate surface area is 85.0 Å².